The first kappa shape index (κ1) is 19.8. The highest BCUT2D eigenvalue weighted by molar-refractivity contribution is 5.69. The fourth-order valence-electron chi connectivity index (χ4n) is 1.99. The molecule has 1 aromatic heterocycles. The molecule has 1 rings (SSSR count). The maximum absolute atomic E-state index is 11.5. The van der Waals surface area contributed by atoms with E-state index in [4.69, 9.17) is 9.15 Å². The highest BCUT2D eigenvalue weighted by Crippen LogP contribution is 2.19. The zero-order chi connectivity index (χ0) is 17.6. The molecule has 1 N–H and O–H groups in total. The van der Waals surface area contributed by atoms with Crippen LogP contribution in [0, 0.1) is 11.8 Å². The van der Waals surface area contributed by atoms with Gasteiger partial charge in [-0.3, -0.25) is 4.79 Å². The molecule has 24 heavy (non-hydrogen) atoms. The van der Waals surface area contributed by atoms with Gasteiger partial charge in [-0.2, -0.15) is 0 Å². The van der Waals surface area contributed by atoms with Crippen molar-refractivity contribution in [3.05, 3.63) is 49.0 Å². The summed E-state index contributed by atoms with van der Waals surface area (Å²) in [5, 5.41) is 9.75. The van der Waals surface area contributed by atoms with Crippen molar-refractivity contribution in [3.8, 4) is 11.8 Å². The van der Waals surface area contributed by atoms with Crippen LogP contribution < -0.4 is 0 Å². The van der Waals surface area contributed by atoms with E-state index in [1.165, 1.54) is 0 Å². The monoisotopic (exact) mass is 330 g/mol. The number of ether oxygens (including phenoxy) is 1. The second-order valence-corrected chi connectivity index (χ2v) is 5.40. The molecule has 0 saturated heterocycles. The molecule has 4 nitrogen and oxygen atoms in total. The van der Waals surface area contributed by atoms with Crippen molar-refractivity contribution < 1.29 is 19.1 Å². The Balaban J connectivity index is 2.19. The average Bonchev–Trinajstić information content (AvgIpc) is 3.03. The van der Waals surface area contributed by atoms with Gasteiger partial charge in [-0.05, 0) is 50.2 Å². The van der Waals surface area contributed by atoms with Crippen LogP contribution in [-0.4, -0.2) is 17.7 Å². The van der Waals surface area contributed by atoms with Crippen molar-refractivity contribution in [2.45, 2.75) is 51.0 Å². The van der Waals surface area contributed by atoms with Gasteiger partial charge in [0.1, 0.15) is 11.9 Å². The Morgan fingerprint density at radius 3 is 2.88 bits per heavy atom. The van der Waals surface area contributed by atoms with Gasteiger partial charge in [0.25, 0.3) is 0 Å². The molecule has 130 valence electrons. The van der Waals surface area contributed by atoms with Crippen LogP contribution in [0.25, 0.3) is 0 Å². The summed E-state index contributed by atoms with van der Waals surface area (Å²) in [6, 6.07) is 3.44. The molecule has 0 spiro atoms. The van der Waals surface area contributed by atoms with E-state index in [1.54, 1.807) is 18.2 Å². The summed E-state index contributed by atoms with van der Waals surface area (Å²) in [5.74, 6) is 6.67. The number of aliphatic hydroxyl groups is 1. The van der Waals surface area contributed by atoms with E-state index in [0.717, 1.165) is 19.3 Å². The number of furan rings is 1. The van der Waals surface area contributed by atoms with E-state index in [9.17, 15) is 9.90 Å². The third-order valence-corrected chi connectivity index (χ3v) is 3.31. The van der Waals surface area contributed by atoms with Gasteiger partial charge in [-0.25, -0.2) is 0 Å². The zero-order valence-electron chi connectivity index (χ0n) is 14.1. The second-order valence-electron chi connectivity index (χ2n) is 5.40. The number of rotatable bonds is 11. The quantitative estimate of drug-likeness (QED) is 0.284. The molecule has 1 unspecified atom stereocenters. The first-order chi connectivity index (χ1) is 11.7. The fourth-order valence-corrected chi connectivity index (χ4v) is 1.99. The van der Waals surface area contributed by atoms with Crippen LogP contribution in [0.2, 0.25) is 0 Å². The molecule has 0 aliphatic rings. The largest absolute Gasteiger partial charge is 0.466 e. The molecule has 0 aliphatic heterocycles. The molecule has 0 saturated carbocycles. The van der Waals surface area contributed by atoms with Crippen LogP contribution in [0.15, 0.2) is 41.9 Å². The Bertz CT molecular complexity index is 574. The van der Waals surface area contributed by atoms with Gasteiger partial charge in [-0.15, -0.1) is 13.2 Å². The molecule has 0 fully saturated rings. The van der Waals surface area contributed by atoms with Gasteiger partial charge in [0.2, 0.25) is 0 Å². The van der Waals surface area contributed by atoms with E-state index in [2.05, 4.69) is 25.0 Å². The van der Waals surface area contributed by atoms with Crippen molar-refractivity contribution in [1.29, 1.82) is 0 Å². The van der Waals surface area contributed by atoms with Crippen molar-refractivity contribution in [3.63, 3.8) is 0 Å². The topological polar surface area (TPSA) is 59.7 Å². The summed E-state index contributed by atoms with van der Waals surface area (Å²) in [4.78, 5) is 11.5. The summed E-state index contributed by atoms with van der Waals surface area (Å²) in [6.07, 6.45) is 7.70. The van der Waals surface area contributed by atoms with Crippen molar-refractivity contribution in [2.75, 3.05) is 6.61 Å². The lowest BCUT2D eigenvalue weighted by molar-refractivity contribution is -0.143. The van der Waals surface area contributed by atoms with Crippen molar-refractivity contribution in [1.82, 2.24) is 0 Å². The van der Waals surface area contributed by atoms with Crippen LogP contribution in [-0.2, 0) is 9.53 Å². The molecule has 1 atom stereocenters. The van der Waals surface area contributed by atoms with Gasteiger partial charge >= 0.3 is 5.97 Å². The van der Waals surface area contributed by atoms with Crippen molar-refractivity contribution >= 4 is 5.97 Å². The van der Waals surface area contributed by atoms with E-state index in [-0.39, 0.29) is 5.97 Å². The lowest BCUT2D eigenvalue weighted by Crippen LogP contribution is -2.05. The number of unbranched alkanes of at least 4 members (excludes halogenated alkanes) is 3. The molecule has 1 heterocycles. The maximum Gasteiger partial charge on any atom is 0.305 e. The molecule has 0 bridgehead atoms. The van der Waals surface area contributed by atoms with Gasteiger partial charge in [0.15, 0.2) is 5.76 Å². The van der Waals surface area contributed by atoms with E-state index in [1.807, 2.05) is 6.08 Å². The number of esters is 1. The Labute approximate surface area is 144 Å². The van der Waals surface area contributed by atoms with Gasteiger partial charge in [0.05, 0.1) is 6.61 Å². The minimum Gasteiger partial charge on any atom is -0.466 e. The average molecular weight is 330 g/mol. The van der Waals surface area contributed by atoms with Crippen LogP contribution in [0.4, 0.5) is 0 Å². The summed E-state index contributed by atoms with van der Waals surface area (Å²) in [5.41, 5.74) is 0. The molecule has 1 aromatic rings. The van der Waals surface area contributed by atoms with Gasteiger partial charge in [0, 0.05) is 12.8 Å². The Hall–Kier alpha value is -2.25. The van der Waals surface area contributed by atoms with E-state index in [0.29, 0.717) is 43.8 Å². The van der Waals surface area contributed by atoms with Crippen LogP contribution in [0.3, 0.4) is 0 Å². The Morgan fingerprint density at radius 2 is 2.12 bits per heavy atom. The molecule has 0 aliphatic carbocycles. The Kier molecular flexibility index (Phi) is 10.1. The van der Waals surface area contributed by atoms with Gasteiger partial charge < -0.3 is 14.3 Å². The first-order valence-corrected chi connectivity index (χ1v) is 8.31. The summed E-state index contributed by atoms with van der Waals surface area (Å²) >= 11 is 0. The third kappa shape index (κ3) is 8.40. The fraction of sp³-hybridized carbons (Fsp3) is 0.450. The molecular weight excluding hydrogens is 304 g/mol. The molecule has 0 radical (unpaired) electrons. The number of hydrogen-bond donors (Lipinski definition) is 1. The van der Waals surface area contributed by atoms with Crippen LogP contribution in [0.1, 0.15) is 62.6 Å². The zero-order valence-corrected chi connectivity index (χ0v) is 14.1. The molecular formula is C20H26O4. The number of aliphatic hydroxyl groups excluding tert-OH is 1. The third-order valence-electron chi connectivity index (χ3n) is 3.31. The SMILES string of the molecule is C=CCCCCOC(=O)CCCC#Cc1ccc(C(O)CC=C)o1. The summed E-state index contributed by atoms with van der Waals surface area (Å²) in [7, 11) is 0. The number of hydrogen-bond acceptors (Lipinski definition) is 4. The normalized spacial score (nSPS) is 11.2. The smallest absolute Gasteiger partial charge is 0.305 e. The van der Waals surface area contributed by atoms with E-state index >= 15 is 0 Å². The number of carbonyl (C=O) groups is 1. The molecule has 0 amide bonds. The predicted molar refractivity (Wildman–Crippen MR) is 94.2 cm³/mol. The molecule has 0 aromatic carbocycles. The highest BCUT2D eigenvalue weighted by Gasteiger charge is 2.09. The second kappa shape index (κ2) is 12.2. The minimum absolute atomic E-state index is 0.178. The van der Waals surface area contributed by atoms with E-state index < -0.39 is 6.10 Å². The maximum atomic E-state index is 11.5. The van der Waals surface area contributed by atoms with Crippen molar-refractivity contribution in [2.24, 2.45) is 0 Å². The number of allylic oxidation sites excluding steroid dienone is 1. The lowest BCUT2D eigenvalue weighted by atomic mass is 10.2. The lowest BCUT2D eigenvalue weighted by Gasteiger charge is -2.02. The van der Waals surface area contributed by atoms with Crippen LogP contribution >= 0.6 is 0 Å². The summed E-state index contributed by atoms with van der Waals surface area (Å²) < 4.78 is 10.6. The molecule has 4 heteroatoms. The van der Waals surface area contributed by atoms with Gasteiger partial charge in [-0.1, -0.05) is 18.1 Å². The first-order valence-electron chi connectivity index (χ1n) is 8.31. The highest BCUT2D eigenvalue weighted by atomic mass is 16.5. The standard InChI is InChI=1S/C20H26O4/c1-3-5-6-10-16-23-20(22)13-9-7-8-12-17-14-15-19(24-17)18(21)11-4-2/h3-4,14-15,18,21H,1-2,5-7,9-11,13,16H2. The number of carbonyl (C=O) groups excluding carboxylic acids is 1. The predicted octanol–water partition coefficient (Wildman–Crippen LogP) is 4.31. The summed E-state index contributed by atoms with van der Waals surface area (Å²) in [6.45, 7) is 7.70. The Morgan fingerprint density at radius 1 is 1.29 bits per heavy atom. The minimum atomic E-state index is -0.681. The van der Waals surface area contributed by atoms with Crippen LogP contribution in [0.5, 0.6) is 0 Å².